The first kappa shape index (κ1) is 22.1. The summed E-state index contributed by atoms with van der Waals surface area (Å²) in [6, 6.07) is 10.9. The second-order valence-corrected chi connectivity index (χ2v) is 7.25. The van der Waals surface area contributed by atoms with Crippen LogP contribution in [0.15, 0.2) is 65.1 Å². The lowest BCUT2D eigenvalue weighted by molar-refractivity contribution is -0.121. The van der Waals surface area contributed by atoms with Crippen LogP contribution >= 0.6 is 11.6 Å². The van der Waals surface area contributed by atoms with Gasteiger partial charge in [-0.1, -0.05) is 17.7 Å². The van der Waals surface area contributed by atoms with Crippen molar-refractivity contribution in [3.05, 3.63) is 81.3 Å². The maximum absolute atomic E-state index is 12.8. The highest BCUT2D eigenvalue weighted by atomic mass is 35.5. The van der Waals surface area contributed by atoms with E-state index in [1.54, 1.807) is 30.3 Å². The molecule has 0 aromatic heterocycles. The highest BCUT2D eigenvalue weighted by Gasteiger charge is 2.34. The lowest BCUT2D eigenvalue weighted by atomic mass is 9.88. The first-order valence-corrected chi connectivity index (χ1v) is 9.64. The van der Waals surface area contributed by atoms with Crippen molar-refractivity contribution >= 4 is 34.8 Å². The number of phenolic OH excluding ortho intramolecular Hbond substituents is 1. The molecule has 8 heteroatoms. The van der Waals surface area contributed by atoms with Crippen LogP contribution in [-0.4, -0.2) is 36.8 Å². The van der Waals surface area contributed by atoms with Gasteiger partial charge in [-0.3, -0.25) is 14.4 Å². The predicted octanol–water partition coefficient (Wildman–Crippen LogP) is 3.81. The molecule has 0 spiro atoms. The van der Waals surface area contributed by atoms with E-state index in [-0.39, 0.29) is 40.4 Å². The number of methoxy groups -OCH3 is 2. The van der Waals surface area contributed by atoms with Crippen LogP contribution in [0.3, 0.4) is 0 Å². The highest BCUT2D eigenvalue weighted by molar-refractivity contribution is 6.30. The molecule has 2 N–H and O–H groups in total. The molecule has 2 aromatic rings. The van der Waals surface area contributed by atoms with Crippen LogP contribution in [0.5, 0.6) is 5.75 Å². The van der Waals surface area contributed by atoms with E-state index in [9.17, 15) is 19.5 Å². The fraction of sp³-hybridized carbons (Fsp3) is 0.174. The van der Waals surface area contributed by atoms with Crippen molar-refractivity contribution in [2.75, 3.05) is 19.5 Å². The Hall–Kier alpha value is -3.58. The Kier molecular flexibility index (Phi) is 6.46. The average Bonchev–Trinajstić information content (AvgIpc) is 2.76. The van der Waals surface area contributed by atoms with Gasteiger partial charge < -0.3 is 19.9 Å². The minimum Gasteiger partial charge on any atom is -0.507 e. The van der Waals surface area contributed by atoms with Gasteiger partial charge >= 0.3 is 0 Å². The normalized spacial score (nSPS) is 14.1. The minimum absolute atomic E-state index is 0.0281. The molecule has 0 radical (unpaired) electrons. The third-order valence-electron chi connectivity index (χ3n) is 4.88. The topological polar surface area (TPSA) is 102 Å². The molecule has 0 unspecified atom stereocenters. The number of rotatable bonds is 6. The Bertz CT molecular complexity index is 1130. The molecule has 2 aromatic carbocycles. The van der Waals surface area contributed by atoms with Gasteiger partial charge in [0.25, 0.3) is 5.91 Å². The van der Waals surface area contributed by atoms with Gasteiger partial charge in [0.05, 0.1) is 19.8 Å². The number of hydrogen-bond donors (Lipinski definition) is 2. The number of ketones is 2. The van der Waals surface area contributed by atoms with Crippen molar-refractivity contribution in [1.29, 1.82) is 0 Å². The first-order valence-electron chi connectivity index (χ1n) is 9.27. The lowest BCUT2D eigenvalue weighted by Gasteiger charge is -2.20. The lowest BCUT2D eigenvalue weighted by Crippen LogP contribution is -2.26. The van der Waals surface area contributed by atoms with Crippen molar-refractivity contribution in [2.45, 2.75) is 13.3 Å². The number of benzene rings is 2. The van der Waals surface area contributed by atoms with Gasteiger partial charge in [-0.25, -0.2) is 0 Å². The summed E-state index contributed by atoms with van der Waals surface area (Å²) in [5, 5.41) is 13.4. The number of amides is 1. The Morgan fingerprint density at radius 2 is 1.61 bits per heavy atom. The van der Waals surface area contributed by atoms with Crippen molar-refractivity contribution in [3.8, 4) is 5.75 Å². The number of nitrogens with one attached hydrogen (secondary N) is 1. The second-order valence-electron chi connectivity index (χ2n) is 6.82. The third-order valence-corrected chi connectivity index (χ3v) is 5.13. The molecule has 3 rings (SSSR count). The van der Waals surface area contributed by atoms with Crippen LogP contribution < -0.4 is 5.32 Å². The number of Topliss-reactive ketones (excluding diaryl/α,β-unsaturated/α-hetero) is 2. The summed E-state index contributed by atoms with van der Waals surface area (Å²) in [6.07, 6.45) is 0.0712. The number of carbonyl (C=O) groups excluding carboxylic acids is 3. The Morgan fingerprint density at radius 3 is 2.23 bits per heavy atom. The number of ether oxygens (including phenoxy) is 2. The van der Waals surface area contributed by atoms with Gasteiger partial charge in [-0.05, 0) is 48.9 Å². The van der Waals surface area contributed by atoms with Gasteiger partial charge in [0, 0.05) is 28.3 Å². The molecule has 1 aliphatic carbocycles. The van der Waals surface area contributed by atoms with E-state index in [2.05, 4.69) is 5.32 Å². The molecule has 1 aliphatic rings. The molecule has 31 heavy (non-hydrogen) atoms. The zero-order valence-electron chi connectivity index (χ0n) is 17.1. The number of allylic oxidation sites excluding steroid dienone is 2. The molecule has 0 bridgehead atoms. The standard InChI is InChI=1S/C23H20ClNO6/c1-12-16(20(28)22(31-3)21(30-2)19(12)27)10-13-4-9-18(26)17(11-13)23(29)25-15-7-5-14(24)6-8-15/h4-9,11,26H,10H2,1-3H3,(H,25,29). The number of aromatic hydroxyl groups is 1. The average molecular weight is 442 g/mol. The summed E-state index contributed by atoms with van der Waals surface area (Å²) in [7, 11) is 2.58. The Balaban J connectivity index is 1.89. The van der Waals surface area contributed by atoms with E-state index in [1.807, 2.05) is 0 Å². The summed E-state index contributed by atoms with van der Waals surface area (Å²) < 4.78 is 10.1. The summed E-state index contributed by atoms with van der Waals surface area (Å²) in [4.78, 5) is 38.0. The first-order chi connectivity index (χ1) is 14.8. The van der Waals surface area contributed by atoms with Crippen LogP contribution in [-0.2, 0) is 25.5 Å². The summed E-state index contributed by atoms with van der Waals surface area (Å²) in [5.41, 5.74) is 1.57. The molecular formula is C23H20ClNO6. The summed E-state index contributed by atoms with van der Waals surface area (Å²) >= 11 is 5.85. The van der Waals surface area contributed by atoms with Gasteiger partial charge in [0.1, 0.15) is 5.75 Å². The molecule has 0 saturated heterocycles. The third kappa shape index (κ3) is 4.46. The molecule has 1 amide bonds. The summed E-state index contributed by atoms with van der Waals surface area (Å²) in [6.45, 7) is 1.54. The molecule has 0 heterocycles. The SMILES string of the molecule is COC1=C(OC)C(=O)C(Cc2ccc(O)c(C(=O)Nc3ccc(Cl)cc3)c2)=C(C)C1=O. The zero-order valence-corrected chi connectivity index (χ0v) is 17.9. The van der Waals surface area contributed by atoms with E-state index in [0.29, 0.717) is 16.3 Å². The molecule has 0 saturated carbocycles. The van der Waals surface area contributed by atoms with Crippen molar-refractivity contribution in [1.82, 2.24) is 0 Å². The highest BCUT2D eigenvalue weighted by Crippen LogP contribution is 2.29. The minimum atomic E-state index is -0.530. The summed E-state index contributed by atoms with van der Waals surface area (Å²) in [5.74, 6) is -1.94. The van der Waals surface area contributed by atoms with E-state index in [1.165, 1.54) is 33.3 Å². The molecule has 0 aliphatic heterocycles. The van der Waals surface area contributed by atoms with Crippen LogP contribution in [0.1, 0.15) is 22.8 Å². The predicted molar refractivity (Wildman–Crippen MR) is 115 cm³/mol. The number of phenols is 1. The maximum Gasteiger partial charge on any atom is 0.259 e. The zero-order chi connectivity index (χ0) is 22.7. The monoisotopic (exact) mass is 441 g/mol. The smallest absolute Gasteiger partial charge is 0.259 e. The van der Waals surface area contributed by atoms with Crippen LogP contribution in [0, 0.1) is 0 Å². The van der Waals surface area contributed by atoms with Gasteiger partial charge in [0.15, 0.2) is 0 Å². The van der Waals surface area contributed by atoms with Crippen LogP contribution in [0.4, 0.5) is 5.69 Å². The molecule has 0 atom stereocenters. The number of anilines is 1. The van der Waals surface area contributed by atoms with Gasteiger partial charge in [0.2, 0.25) is 23.1 Å². The molecule has 160 valence electrons. The largest absolute Gasteiger partial charge is 0.507 e. The van der Waals surface area contributed by atoms with Crippen molar-refractivity contribution in [2.24, 2.45) is 0 Å². The maximum atomic E-state index is 12.8. The van der Waals surface area contributed by atoms with Gasteiger partial charge in [-0.15, -0.1) is 0 Å². The van der Waals surface area contributed by atoms with Crippen molar-refractivity contribution in [3.63, 3.8) is 0 Å². The van der Waals surface area contributed by atoms with Gasteiger partial charge in [-0.2, -0.15) is 0 Å². The number of hydrogen-bond acceptors (Lipinski definition) is 6. The number of halogens is 1. The molecule has 0 fully saturated rings. The van der Waals surface area contributed by atoms with Crippen LogP contribution in [0.2, 0.25) is 5.02 Å². The van der Waals surface area contributed by atoms with Crippen molar-refractivity contribution < 1.29 is 29.0 Å². The van der Waals surface area contributed by atoms with Crippen LogP contribution in [0.25, 0.3) is 0 Å². The van der Waals surface area contributed by atoms with E-state index in [4.69, 9.17) is 21.1 Å². The van der Waals surface area contributed by atoms with E-state index >= 15 is 0 Å². The molecule has 7 nitrogen and oxygen atoms in total. The van der Waals surface area contributed by atoms with E-state index in [0.717, 1.165) is 0 Å². The number of carbonyl (C=O) groups is 3. The molecular weight excluding hydrogens is 422 g/mol. The fourth-order valence-corrected chi connectivity index (χ4v) is 3.34. The van der Waals surface area contributed by atoms with E-state index < -0.39 is 17.5 Å². The Labute approximate surface area is 183 Å². The Morgan fingerprint density at radius 1 is 1.00 bits per heavy atom. The fourth-order valence-electron chi connectivity index (χ4n) is 3.22. The quantitative estimate of drug-likeness (QED) is 0.661. The second kappa shape index (κ2) is 9.06.